The molecule has 0 bridgehead atoms. The minimum Gasteiger partial charge on any atom is -0.496 e. The summed E-state index contributed by atoms with van der Waals surface area (Å²) < 4.78 is 65.1. The third-order valence-corrected chi connectivity index (χ3v) is 6.21. The number of carbonyl (C=O) groups is 1. The van der Waals surface area contributed by atoms with E-state index >= 15 is 0 Å². The molecule has 2 aromatic carbocycles. The number of benzene rings is 2. The van der Waals surface area contributed by atoms with E-state index in [1.54, 1.807) is 29.2 Å². The van der Waals surface area contributed by atoms with Gasteiger partial charge in [0, 0.05) is 17.7 Å². The lowest BCUT2D eigenvalue weighted by molar-refractivity contribution is -0.124. The molecule has 34 heavy (non-hydrogen) atoms. The number of methoxy groups -OCH3 is 1. The Morgan fingerprint density at radius 3 is 2.41 bits per heavy atom. The summed E-state index contributed by atoms with van der Waals surface area (Å²) in [4.78, 5) is 14.6. The third-order valence-electron chi connectivity index (χ3n) is 5.91. The van der Waals surface area contributed by atoms with Gasteiger partial charge in [0.25, 0.3) is 5.91 Å². The summed E-state index contributed by atoms with van der Waals surface area (Å²) in [5.41, 5.74) is 1.21. The van der Waals surface area contributed by atoms with Crippen molar-refractivity contribution in [2.24, 2.45) is 0 Å². The van der Waals surface area contributed by atoms with Crippen LogP contribution in [0.25, 0.3) is 6.08 Å². The fraction of sp³-hybridized carbons (Fsp3) is 0.333. The second-order valence-electron chi connectivity index (χ2n) is 8.11. The summed E-state index contributed by atoms with van der Waals surface area (Å²) in [5.74, 6) is -7.45. The first-order valence-corrected chi connectivity index (χ1v) is 11.2. The molecule has 10 heteroatoms. The molecule has 1 saturated carbocycles. The fourth-order valence-electron chi connectivity index (χ4n) is 4.22. The van der Waals surface area contributed by atoms with E-state index in [0.29, 0.717) is 27.7 Å². The van der Waals surface area contributed by atoms with E-state index in [4.69, 9.17) is 21.7 Å². The van der Waals surface area contributed by atoms with Crippen LogP contribution in [-0.2, 0) is 11.4 Å². The van der Waals surface area contributed by atoms with E-state index in [0.717, 1.165) is 32.1 Å². The van der Waals surface area contributed by atoms with Crippen molar-refractivity contribution in [3.05, 3.63) is 64.4 Å². The molecule has 1 aliphatic heterocycles. The molecule has 1 saturated heterocycles. The quantitative estimate of drug-likeness (QED) is 0.258. The largest absolute Gasteiger partial charge is 0.496 e. The Morgan fingerprint density at radius 1 is 1.09 bits per heavy atom. The summed E-state index contributed by atoms with van der Waals surface area (Å²) in [5, 5.41) is 3.32. The van der Waals surface area contributed by atoms with Crippen LogP contribution < -0.4 is 14.8 Å². The summed E-state index contributed by atoms with van der Waals surface area (Å²) in [7, 11) is 1.39. The Hall–Kier alpha value is -3.14. The number of nitrogens with one attached hydrogen (secondary N) is 1. The van der Waals surface area contributed by atoms with Gasteiger partial charge in [0.2, 0.25) is 11.6 Å². The molecule has 1 N–H and O–H groups in total. The predicted octanol–water partition coefficient (Wildman–Crippen LogP) is 5.22. The highest BCUT2D eigenvalue weighted by atomic mass is 32.1. The fourth-order valence-corrected chi connectivity index (χ4v) is 4.56. The molecule has 5 nitrogen and oxygen atoms in total. The van der Waals surface area contributed by atoms with E-state index in [2.05, 4.69) is 5.32 Å². The number of hydrogen-bond donors (Lipinski definition) is 1. The topological polar surface area (TPSA) is 50.8 Å². The van der Waals surface area contributed by atoms with Crippen molar-refractivity contribution >= 4 is 29.3 Å². The van der Waals surface area contributed by atoms with Gasteiger partial charge in [-0.1, -0.05) is 25.3 Å². The molecule has 0 unspecified atom stereocenters. The van der Waals surface area contributed by atoms with Gasteiger partial charge in [-0.2, -0.15) is 8.78 Å². The maximum absolute atomic E-state index is 13.9. The van der Waals surface area contributed by atoms with Crippen LogP contribution in [0.15, 0.2) is 30.0 Å². The molecule has 2 fully saturated rings. The van der Waals surface area contributed by atoms with Gasteiger partial charge >= 0.3 is 0 Å². The molecule has 0 atom stereocenters. The van der Waals surface area contributed by atoms with Gasteiger partial charge in [0.15, 0.2) is 22.5 Å². The molecular weight excluding hydrogens is 472 g/mol. The van der Waals surface area contributed by atoms with Crippen LogP contribution in [-0.4, -0.2) is 29.1 Å². The number of nitrogens with zero attached hydrogens (tertiary/aromatic N) is 1. The summed E-state index contributed by atoms with van der Waals surface area (Å²) in [6.07, 6.45) is 6.65. The van der Waals surface area contributed by atoms with Crippen LogP contribution in [0.2, 0.25) is 0 Å². The van der Waals surface area contributed by atoms with Crippen molar-refractivity contribution < 1.29 is 31.8 Å². The molecule has 0 radical (unpaired) electrons. The molecule has 4 rings (SSSR count). The van der Waals surface area contributed by atoms with Crippen LogP contribution in [0.5, 0.6) is 11.5 Å². The predicted molar refractivity (Wildman–Crippen MR) is 121 cm³/mol. The minimum absolute atomic E-state index is 0.0726. The van der Waals surface area contributed by atoms with Gasteiger partial charge in [-0.15, -0.1) is 0 Å². The van der Waals surface area contributed by atoms with Gasteiger partial charge in [0.1, 0.15) is 18.1 Å². The molecule has 2 aromatic rings. The number of hydrogen-bond acceptors (Lipinski definition) is 4. The zero-order chi connectivity index (χ0) is 24.4. The van der Waals surface area contributed by atoms with Crippen LogP contribution in [0.1, 0.15) is 43.2 Å². The Morgan fingerprint density at radius 2 is 1.76 bits per heavy atom. The first-order chi connectivity index (χ1) is 16.3. The van der Waals surface area contributed by atoms with Crippen LogP contribution in [0.4, 0.5) is 17.6 Å². The monoisotopic (exact) mass is 494 g/mol. The minimum atomic E-state index is -1.63. The number of halogens is 4. The van der Waals surface area contributed by atoms with Crippen molar-refractivity contribution in [3.63, 3.8) is 0 Å². The standard InChI is InChI=1S/C24H22F4N2O3S/c1-32-19-8-7-13(9-14(19)12-33-22-20(27)16(25)11-17(26)21(22)28)10-18-23(31)30(24(34)29-18)15-5-3-2-4-6-15/h7-11,15H,2-6,12H2,1H3,(H,29,34)/b18-10+. The van der Waals surface area contributed by atoms with Crippen molar-refractivity contribution in [2.45, 2.75) is 44.8 Å². The molecule has 1 heterocycles. The summed E-state index contributed by atoms with van der Waals surface area (Å²) in [6, 6.07) is 5.03. The number of thiocarbonyl (C=S) groups is 1. The molecule has 0 aromatic heterocycles. The smallest absolute Gasteiger partial charge is 0.276 e. The lowest BCUT2D eigenvalue weighted by Gasteiger charge is -2.29. The average Bonchev–Trinajstić information content (AvgIpc) is 3.11. The zero-order valence-electron chi connectivity index (χ0n) is 18.3. The van der Waals surface area contributed by atoms with Gasteiger partial charge < -0.3 is 14.8 Å². The lowest BCUT2D eigenvalue weighted by Crippen LogP contribution is -2.41. The average molecular weight is 495 g/mol. The van der Waals surface area contributed by atoms with Gasteiger partial charge in [0.05, 0.1) is 7.11 Å². The Kier molecular flexibility index (Phi) is 7.06. The highest BCUT2D eigenvalue weighted by molar-refractivity contribution is 7.80. The zero-order valence-corrected chi connectivity index (χ0v) is 19.1. The molecule has 0 spiro atoms. The first-order valence-electron chi connectivity index (χ1n) is 10.8. The summed E-state index contributed by atoms with van der Waals surface area (Å²) in [6.45, 7) is -0.440. The first kappa shape index (κ1) is 24.0. The number of amides is 1. The van der Waals surface area contributed by atoms with Crippen molar-refractivity contribution in [1.82, 2.24) is 10.2 Å². The highest BCUT2D eigenvalue weighted by Gasteiger charge is 2.36. The second-order valence-corrected chi connectivity index (χ2v) is 8.50. The van der Waals surface area contributed by atoms with Crippen molar-refractivity contribution in [1.29, 1.82) is 0 Å². The van der Waals surface area contributed by atoms with E-state index in [1.807, 2.05) is 0 Å². The van der Waals surface area contributed by atoms with E-state index in [1.165, 1.54) is 7.11 Å². The Balaban J connectivity index is 1.57. The Bertz CT molecular complexity index is 1140. The van der Waals surface area contributed by atoms with Gasteiger partial charge in [-0.3, -0.25) is 9.69 Å². The molecular formula is C24H22F4N2O3S. The normalized spacial score (nSPS) is 17.9. The third kappa shape index (κ3) is 4.72. The van der Waals surface area contributed by atoms with E-state index in [-0.39, 0.29) is 18.0 Å². The van der Waals surface area contributed by atoms with Crippen LogP contribution >= 0.6 is 12.2 Å². The molecule has 2 aliphatic rings. The summed E-state index contributed by atoms with van der Waals surface area (Å²) >= 11 is 5.38. The highest BCUT2D eigenvalue weighted by Crippen LogP contribution is 2.30. The lowest BCUT2D eigenvalue weighted by atomic mass is 9.94. The van der Waals surface area contributed by atoms with Crippen molar-refractivity contribution in [2.75, 3.05) is 7.11 Å². The van der Waals surface area contributed by atoms with Gasteiger partial charge in [-0.25, -0.2) is 8.78 Å². The van der Waals surface area contributed by atoms with E-state index < -0.39 is 35.6 Å². The van der Waals surface area contributed by atoms with Crippen molar-refractivity contribution in [3.8, 4) is 11.5 Å². The number of ether oxygens (including phenoxy) is 2. The van der Waals surface area contributed by atoms with Crippen LogP contribution in [0, 0.1) is 23.3 Å². The maximum Gasteiger partial charge on any atom is 0.276 e. The SMILES string of the molecule is COc1ccc(/C=C2/NC(=S)N(C3CCCCC3)C2=O)cc1COc1c(F)c(F)cc(F)c1F. The van der Waals surface area contributed by atoms with Gasteiger partial charge in [-0.05, 0) is 48.8 Å². The molecule has 180 valence electrons. The second kappa shape index (κ2) is 10.0. The Labute approximate surface area is 199 Å². The molecule has 1 aliphatic carbocycles. The maximum atomic E-state index is 13.9. The number of rotatable bonds is 6. The van der Waals surface area contributed by atoms with Crippen LogP contribution in [0.3, 0.4) is 0 Å². The van der Waals surface area contributed by atoms with E-state index in [9.17, 15) is 22.4 Å². The molecule has 1 amide bonds. The number of carbonyl (C=O) groups excluding carboxylic acids is 1.